The lowest BCUT2D eigenvalue weighted by Gasteiger charge is -2.30. The van der Waals surface area contributed by atoms with Gasteiger partial charge < -0.3 is 14.7 Å². The number of pyridine rings is 1. The number of aromatic nitrogens is 2. The van der Waals surface area contributed by atoms with Gasteiger partial charge in [0.25, 0.3) is 5.91 Å². The molecule has 0 radical (unpaired) electrons. The lowest BCUT2D eigenvalue weighted by molar-refractivity contribution is -0.138. The molecular formula is C18H21FN4O4. The van der Waals surface area contributed by atoms with Crippen LogP contribution in [0.2, 0.25) is 0 Å². The van der Waals surface area contributed by atoms with E-state index in [0.29, 0.717) is 38.5 Å². The van der Waals surface area contributed by atoms with Crippen LogP contribution in [-0.4, -0.2) is 81.6 Å². The van der Waals surface area contributed by atoms with Gasteiger partial charge in [-0.15, -0.1) is 0 Å². The molecule has 0 saturated carbocycles. The number of aliphatic carboxylic acids is 1. The fourth-order valence-corrected chi connectivity index (χ4v) is 3.90. The highest BCUT2D eigenvalue weighted by molar-refractivity contribution is 5.93. The molecule has 2 aliphatic heterocycles. The summed E-state index contributed by atoms with van der Waals surface area (Å²) < 4.78 is 21.8. The van der Waals surface area contributed by atoms with Crippen molar-refractivity contribution in [1.29, 1.82) is 0 Å². The average molecular weight is 376 g/mol. The average Bonchev–Trinajstić information content (AvgIpc) is 2.74. The second-order valence-corrected chi connectivity index (χ2v) is 7.29. The van der Waals surface area contributed by atoms with E-state index in [0.717, 1.165) is 5.56 Å². The van der Waals surface area contributed by atoms with Gasteiger partial charge in [0, 0.05) is 31.7 Å². The molecule has 0 aliphatic carbocycles. The van der Waals surface area contributed by atoms with Crippen molar-refractivity contribution in [3.05, 3.63) is 35.5 Å². The summed E-state index contributed by atoms with van der Waals surface area (Å²) in [5.41, 5.74) is 1.03. The first kappa shape index (κ1) is 17.9. The molecule has 8 nitrogen and oxygen atoms in total. The maximum Gasteiger partial charge on any atom is 0.317 e. The van der Waals surface area contributed by atoms with Gasteiger partial charge in [0.1, 0.15) is 5.65 Å². The Labute approximate surface area is 155 Å². The van der Waals surface area contributed by atoms with Crippen LogP contribution in [0.15, 0.2) is 18.3 Å². The molecule has 1 N–H and O–H groups in total. The van der Waals surface area contributed by atoms with E-state index >= 15 is 0 Å². The van der Waals surface area contributed by atoms with Crippen LogP contribution in [0.25, 0.3) is 5.65 Å². The van der Waals surface area contributed by atoms with Crippen LogP contribution < -0.4 is 0 Å². The molecule has 2 aliphatic rings. The molecule has 0 spiro atoms. The van der Waals surface area contributed by atoms with Crippen LogP contribution in [0.3, 0.4) is 0 Å². The molecule has 2 bridgehead atoms. The van der Waals surface area contributed by atoms with Gasteiger partial charge in [-0.05, 0) is 18.6 Å². The summed E-state index contributed by atoms with van der Waals surface area (Å²) in [7, 11) is 0. The minimum Gasteiger partial charge on any atom is -0.480 e. The van der Waals surface area contributed by atoms with Crippen LogP contribution in [0, 0.1) is 18.8 Å². The van der Waals surface area contributed by atoms with Gasteiger partial charge in [-0.1, -0.05) is 6.07 Å². The van der Waals surface area contributed by atoms with Crippen molar-refractivity contribution in [2.24, 2.45) is 5.92 Å². The Morgan fingerprint density at radius 3 is 2.89 bits per heavy atom. The van der Waals surface area contributed by atoms with E-state index in [-0.39, 0.29) is 24.2 Å². The number of carbonyl (C=O) groups excluding carboxylic acids is 1. The molecule has 2 saturated heterocycles. The van der Waals surface area contributed by atoms with E-state index in [1.165, 1.54) is 4.40 Å². The van der Waals surface area contributed by atoms with E-state index in [1.54, 1.807) is 17.2 Å². The van der Waals surface area contributed by atoms with E-state index in [4.69, 9.17) is 9.84 Å². The van der Waals surface area contributed by atoms with Crippen molar-refractivity contribution in [3.63, 3.8) is 0 Å². The predicted molar refractivity (Wildman–Crippen MR) is 93.1 cm³/mol. The molecule has 27 heavy (non-hydrogen) atoms. The fraction of sp³-hybridized carbons (Fsp3) is 0.500. The van der Waals surface area contributed by atoms with Crippen LogP contribution in [-0.2, 0) is 9.53 Å². The number of aryl methyl sites for hydroxylation is 1. The molecule has 4 heterocycles. The predicted octanol–water partition coefficient (Wildman–Crippen LogP) is 0.639. The summed E-state index contributed by atoms with van der Waals surface area (Å²) in [6.07, 6.45) is 1.60. The monoisotopic (exact) mass is 376 g/mol. The normalized spacial score (nSPS) is 23.4. The maximum atomic E-state index is 14.8. The number of nitrogens with zero attached hydrogens (tertiary/aromatic N) is 4. The number of carboxylic acid groups (broad SMARTS) is 1. The molecule has 2 aromatic heterocycles. The Hall–Kier alpha value is -2.52. The van der Waals surface area contributed by atoms with Crippen LogP contribution >= 0.6 is 0 Å². The number of rotatable bonds is 3. The first-order chi connectivity index (χ1) is 12.9. The zero-order chi connectivity index (χ0) is 19.1. The molecule has 144 valence electrons. The van der Waals surface area contributed by atoms with Crippen molar-refractivity contribution in [2.45, 2.75) is 13.0 Å². The molecule has 9 heteroatoms. The summed E-state index contributed by atoms with van der Waals surface area (Å²) in [6.45, 7) is 3.80. The second-order valence-electron chi connectivity index (χ2n) is 7.29. The Kier molecular flexibility index (Phi) is 4.56. The summed E-state index contributed by atoms with van der Waals surface area (Å²) in [6, 6.07) is 3.15. The van der Waals surface area contributed by atoms with Crippen molar-refractivity contribution < 1.29 is 23.8 Å². The Bertz CT molecular complexity index is 899. The molecule has 0 unspecified atom stereocenters. The van der Waals surface area contributed by atoms with Gasteiger partial charge in [0.2, 0.25) is 5.95 Å². The minimum atomic E-state index is -0.907. The second kappa shape index (κ2) is 6.90. The first-order valence-electron chi connectivity index (χ1n) is 8.89. The number of halogens is 1. The topological polar surface area (TPSA) is 87.4 Å². The lowest BCUT2D eigenvalue weighted by atomic mass is 10.1. The highest BCUT2D eigenvalue weighted by Gasteiger charge is 2.38. The van der Waals surface area contributed by atoms with Gasteiger partial charge in [0.05, 0.1) is 25.8 Å². The summed E-state index contributed by atoms with van der Waals surface area (Å²) in [5.74, 6) is -2.09. The van der Waals surface area contributed by atoms with Gasteiger partial charge in [-0.25, -0.2) is 4.98 Å². The van der Waals surface area contributed by atoms with Crippen LogP contribution in [0.5, 0.6) is 0 Å². The van der Waals surface area contributed by atoms with Crippen molar-refractivity contribution in [1.82, 2.24) is 19.2 Å². The third kappa shape index (κ3) is 3.40. The van der Waals surface area contributed by atoms with Crippen molar-refractivity contribution in [2.75, 3.05) is 39.4 Å². The largest absolute Gasteiger partial charge is 0.480 e. The zero-order valence-electron chi connectivity index (χ0n) is 15.0. The number of carboxylic acids is 1. The summed E-state index contributed by atoms with van der Waals surface area (Å²) in [4.78, 5) is 31.8. The maximum absolute atomic E-state index is 14.8. The molecule has 2 aromatic rings. The number of amides is 1. The molecule has 2 fully saturated rings. The Balaban J connectivity index is 1.65. The number of hydrogen-bond acceptors (Lipinski definition) is 5. The number of carbonyl (C=O) groups is 2. The Morgan fingerprint density at radius 1 is 1.30 bits per heavy atom. The Morgan fingerprint density at radius 2 is 2.11 bits per heavy atom. The summed E-state index contributed by atoms with van der Waals surface area (Å²) >= 11 is 0. The van der Waals surface area contributed by atoms with E-state index in [2.05, 4.69) is 4.98 Å². The zero-order valence-corrected chi connectivity index (χ0v) is 15.0. The summed E-state index contributed by atoms with van der Waals surface area (Å²) in [5, 5.41) is 9.10. The first-order valence-corrected chi connectivity index (χ1v) is 8.89. The van der Waals surface area contributed by atoms with Crippen molar-refractivity contribution >= 4 is 17.5 Å². The molecule has 4 rings (SSSR count). The highest BCUT2D eigenvalue weighted by Crippen LogP contribution is 2.23. The number of fused-ring (bicyclic) bond motifs is 4. The molecule has 1 amide bonds. The SMILES string of the molecule is Cc1ccc2nc(C(=O)N3C[C@H]4COC[C@@H]3CN(CC(=O)O)C4)c(F)n2c1. The molecular weight excluding hydrogens is 355 g/mol. The standard InChI is InChI=1S/C18H21FN4O4/c1-11-2-3-14-20-16(17(19)23(14)4-11)18(26)22-6-12-5-21(8-15(24)25)7-13(22)10-27-9-12/h2-4,12-13H,5-10H2,1H3,(H,24,25)/t12-,13-/m0/s1. The van der Waals surface area contributed by atoms with E-state index in [1.807, 2.05) is 17.9 Å². The van der Waals surface area contributed by atoms with Crippen LogP contribution in [0.4, 0.5) is 4.39 Å². The minimum absolute atomic E-state index is 0.0249. The van der Waals surface area contributed by atoms with Gasteiger partial charge in [-0.3, -0.25) is 18.9 Å². The number of hydrogen-bond donors (Lipinski definition) is 1. The van der Waals surface area contributed by atoms with Gasteiger partial charge in [0.15, 0.2) is 5.69 Å². The van der Waals surface area contributed by atoms with Gasteiger partial charge >= 0.3 is 5.97 Å². The highest BCUT2D eigenvalue weighted by atomic mass is 19.1. The quantitative estimate of drug-likeness (QED) is 0.846. The lowest BCUT2D eigenvalue weighted by Crippen LogP contribution is -2.47. The van der Waals surface area contributed by atoms with E-state index in [9.17, 15) is 14.0 Å². The molecule has 2 atom stereocenters. The number of ether oxygens (including phenoxy) is 1. The van der Waals surface area contributed by atoms with Crippen LogP contribution in [0.1, 0.15) is 16.1 Å². The third-order valence-electron chi connectivity index (χ3n) is 5.08. The van der Waals surface area contributed by atoms with Crippen molar-refractivity contribution in [3.8, 4) is 0 Å². The van der Waals surface area contributed by atoms with E-state index < -0.39 is 17.8 Å². The third-order valence-corrected chi connectivity index (χ3v) is 5.08. The van der Waals surface area contributed by atoms with Gasteiger partial charge in [-0.2, -0.15) is 4.39 Å². The fourth-order valence-electron chi connectivity index (χ4n) is 3.90. The molecule has 0 aromatic carbocycles. The smallest absolute Gasteiger partial charge is 0.317 e. The number of imidazole rings is 1.